The molecule has 0 spiro atoms. The highest BCUT2D eigenvalue weighted by atomic mass is 16.5. The summed E-state index contributed by atoms with van der Waals surface area (Å²) in [6.07, 6.45) is 7.53. The van der Waals surface area contributed by atoms with Gasteiger partial charge in [-0.2, -0.15) is 0 Å². The minimum Gasteiger partial charge on any atom is -0.497 e. The van der Waals surface area contributed by atoms with Gasteiger partial charge >= 0.3 is 0 Å². The molecule has 0 heterocycles. The number of unbranched alkanes of at least 4 members (excludes halogenated alkanes) is 1. The van der Waals surface area contributed by atoms with Gasteiger partial charge in [-0.1, -0.05) is 17.9 Å². The van der Waals surface area contributed by atoms with Crippen LogP contribution < -0.4 is 4.74 Å². The maximum Gasteiger partial charge on any atom is 0.136 e. The second-order valence-electron chi connectivity index (χ2n) is 6.33. The van der Waals surface area contributed by atoms with Crippen molar-refractivity contribution in [3.05, 3.63) is 29.8 Å². The Kier molecular flexibility index (Phi) is 4.01. The molecule has 2 fully saturated rings. The van der Waals surface area contributed by atoms with Crippen molar-refractivity contribution in [2.75, 3.05) is 7.11 Å². The van der Waals surface area contributed by atoms with Gasteiger partial charge in [-0.05, 0) is 55.7 Å². The predicted molar refractivity (Wildman–Crippen MR) is 83.1 cm³/mol. The second kappa shape index (κ2) is 5.93. The number of carbonyl (C=O) groups excluding carboxylic acids is 1. The zero-order valence-corrected chi connectivity index (χ0v) is 12.7. The van der Waals surface area contributed by atoms with Gasteiger partial charge in [0.05, 0.1) is 7.11 Å². The van der Waals surface area contributed by atoms with Crippen molar-refractivity contribution in [3.63, 3.8) is 0 Å². The fourth-order valence-corrected chi connectivity index (χ4v) is 3.66. The SMILES string of the molecule is COc1cccc(C#CCCC[C@]23CCCC(=O)[C@H]2C3)c1. The molecule has 110 valence electrons. The fourth-order valence-electron chi connectivity index (χ4n) is 3.66. The number of carbonyl (C=O) groups is 1. The van der Waals surface area contributed by atoms with Crippen molar-refractivity contribution >= 4 is 5.78 Å². The molecule has 0 unspecified atom stereocenters. The van der Waals surface area contributed by atoms with Gasteiger partial charge in [0, 0.05) is 24.3 Å². The molecule has 2 aliphatic carbocycles. The Bertz CT molecular complexity index is 593. The summed E-state index contributed by atoms with van der Waals surface area (Å²) >= 11 is 0. The first-order valence-electron chi connectivity index (χ1n) is 7.89. The van der Waals surface area contributed by atoms with Crippen molar-refractivity contribution in [3.8, 4) is 17.6 Å². The number of Topliss-reactive ketones (excluding diaryl/α,β-unsaturated/α-hetero) is 1. The molecule has 2 atom stereocenters. The molecule has 0 radical (unpaired) electrons. The summed E-state index contributed by atoms with van der Waals surface area (Å²) in [5, 5.41) is 0. The molecule has 0 saturated heterocycles. The average molecular weight is 282 g/mol. The quantitative estimate of drug-likeness (QED) is 0.617. The average Bonchev–Trinajstić information content (AvgIpc) is 3.24. The number of ether oxygens (including phenoxy) is 1. The first-order chi connectivity index (χ1) is 10.2. The van der Waals surface area contributed by atoms with Crippen molar-refractivity contribution in [2.45, 2.75) is 44.9 Å². The van der Waals surface area contributed by atoms with Gasteiger partial charge in [-0.25, -0.2) is 0 Å². The first kappa shape index (κ1) is 14.2. The Morgan fingerprint density at radius 3 is 3.19 bits per heavy atom. The van der Waals surface area contributed by atoms with Crippen LogP contribution in [0.15, 0.2) is 24.3 Å². The van der Waals surface area contributed by atoms with Gasteiger partial charge < -0.3 is 4.74 Å². The highest BCUT2D eigenvalue weighted by Crippen LogP contribution is 2.62. The molecule has 3 rings (SSSR count). The van der Waals surface area contributed by atoms with E-state index in [1.165, 1.54) is 12.8 Å². The van der Waals surface area contributed by atoms with Crippen LogP contribution in [-0.4, -0.2) is 12.9 Å². The molecule has 1 aromatic rings. The summed E-state index contributed by atoms with van der Waals surface area (Å²) < 4.78 is 5.19. The van der Waals surface area contributed by atoms with Crippen LogP contribution in [0.5, 0.6) is 5.75 Å². The van der Waals surface area contributed by atoms with E-state index in [4.69, 9.17) is 4.74 Å². The van der Waals surface area contributed by atoms with Gasteiger partial charge in [-0.3, -0.25) is 4.79 Å². The third-order valence-corrected chi connectivity index (χ3v) is 4.96. The summed E-state index contributed by atoms with van der Waals surface area (Å²) in [4.78, 5) is 11.7. The summed E-state index contributed by atoms with van der Waals surface area (Å²) in [5.41, 5.74) is 1.39. The molecule has 21 heavy (non-hydrogen) atoms. The number of rotatable bonds is 4. The topological polar surface area (TPSA) is 26.3 Å². The Morgan fingerprint density at radius 1 is 1.43 bits per heavy atom. The minimum atomic E-state index is 0.382. The highest BCUT2D eigenvalue weighted by molar-refractivity contribution is 5.85. The molecule has 2 nitrogen and oxygen atoms in total. The van der Waals surface area contributed by atoms with Crippen molar-refractivity contribution in [1.82, 2.24) is 0 Å². The number of methoxy groups -OCH3 is 1. The molecule has 2 saturated carbocycles. The summed E-state index contributed by atoms with van der Waals surface area (Å²) in [6.45, 7) is 0. The van der Waals surface area contributed by atoms with Gasteiger partial charge in [0.15, 0.2) is 0 Å². The largest absolute Gasteiger partial charge is 0.497 e. The summed E-state index contributed by atoms with van der Waals surface area (Å²) in [5.74, 6) is 8.21. The third kappa shape index (κ3) is 3.13. The molecule has 1 aromatic carbocycles. The van der Waals surface area contributed by atoms with E-state index in [0.29, 0.717) is 17.1 Å². The van der Waals surface area contributed by atoms with Crippen molar-refractivity contribution in [2.24, 2.45) is 11.3 Å². The maximum absolute atomic E-state index is 11.7. The van der Waals surface area contributed by atoms with E-state index in [1.54, 1.807) is 7.11 Å². The number of benzene rings is 1. The third-order valence-electron chi connectivity index (χ3n) is 4.96. The van der Waals surface area contributed by atoms with Crippen LogP contribution >= 0.6 is 0 Å². The fraction of sp³-hybridized carbons (Fsp3) is 0.526. The Morgan fingerprint density at radius 2 is 2.33 bits per heavy atom. The number of ketones is 1. The molecule has 0 N–H and O–H groups in total. The highest BCUT2D eigenvalue weighted by Gasteiger charge is 2.57. The molecular formula is C19H22O2. The molecule has 0 aromatic heterocycles. The van der Waals surface area contributed by atoms with E-state index < -0.39 is 0 Å². The molecule has 2 heteroatoms. The zero-order valence-electron chi connectivity index (χ0n) is 12.7. The Hall–Kier alpha value is -1.75. The van der Waals surface area contributed by atoms with Crippen LogP contribution in [0.4, 0.5) is 0 Å². The van der Waals surface area contributed by atoms with E-state index in [1.807, 2.05) is 24.3 Å². The van der Waals surface area contributed by atoms with E-state index >= 15 is 0 Å². The van der Waals surface area contributed by atoms with Crippen LogP contribution in [0.2, 0.25) is 0 Å². The number of hydrogen-bond acceptors (Lipinski definition) is 2. The molecule has 0 aliphatic heterocycles. The van der Waals surface area contributed by atoms with E-state index in [0.717, 1.165) is 43.4 Å². The normalized spacial score (nSPS) is 26.5. The monoisotopic (exact) mass is 282 g/mol. The summed E-state index contributed by atoms with van der Waals surface area (Å²) in [6, 6.07) is 7.86. The van der Waals surface area contributed by atoms with Crippen LogP contribution in [0.25, 0.3) is 0 Å². The predicted octanol–water partition coefficient (Wildman–Crippen LogP) is 3.98. The van der Waals surface area contributed by atoms with E-state index in [9.17, 15) is 4.79 Å². The molecular weight excluding hydrogens is 260 g/mol. The molecule has 0 bridgehead atoms. The first-order valence-corrected chi connectivity index (χ1v) is 7.89. The van der Waals surface area contributed by atoms with Gasteiger partial charge in [0.2, 0.25) is 0 Å². The van der Waals surface area contributed by atoms with Crippen LogP contribution in [0, 0.1) is 23.2 Å². The van der Waals surface area contributed by atoms with Gasteiger partial charge in [0.25, 0.3) is 0 Å². The van der Waals surface area contributed by atoms with Gasteiger partial charge in [-0.15, -0.1) is 0 Å². The lowest BCUT2D eigenvalue weighted by molar-refractivity contribution is -0.122. The van der Waals surface area contributed by atoms with Crippen LogP contribution in [0.1, 0.15) is 50.5 Å². The Labute approximate surface area is 126 Å². The summed E-state index contributed by atoms with van der Waals surface area (Å²) in [7, 11) is 1.67. The van der Waals surface area contributed by atoms with E-state index in [-0.39, 0.29) is 0 Å². The lowest BCUT2D eigenvalue weighted by Gasteiger charge is -2.20. The van der Waals surface area contributed by atoms with E-state index in [2.05, 4.69) is 11.8 Å². The Balaban J connectivity index is 1.47. The molecule has 0 amide bonds. The van der Waals surface area contributed by atoms with Crippen LogP contribution in [-0.2, 0) is 4.79 Å². The van der Waals surface area contributed by atoms with Gasteiger partial charge in [0.1, 0.15) is 11.5 Å². The number of hydrogen-bond donors (Lipinski definition) is 0. The smallest absolute Gasteiger partial charge is 0.136 e. The maximum atomic E-state index is 11.7. The lowest BCUT2D eigenvalue weighted by atomic mass is 9.84. The minimum absolute atomic E-state index is 0.382. The lowest BCUT2D eigenvalue weighted by Crippen LogP contribution is -2.17. The van der Waals surface area contributed by atoms with Crippen molar-refractivity contribution in [1.29, 1.82) is 0 Å². The molecule has 2 aliphatic rings. The second-order valence-corrected chi connectivity index (χ2v) is 6.33. The van der Waals surface area contributed by atoms with Crippen molar-refractivity contribution < 1.29 is 9.53 Å². The zero-order chi connectivity index (χ0) is 14.7. The number of fused-ring (bicyclic) bond motifs is 1. The van der Waals surface area contributed by atoms with Crippen LogP contribution in [0.3, 0.4) is 0 Å². The standard InChI is InChI=1S/C19H22O2/c1-21-16-9-5-8-15(13-16)7-3-2-4-11-19-12-6-10-18(20)17(19)14-19/h5,8-9,13,17H,2,4,6,10-12,14H2,1H3/t17-,19-/m1/s1.